The van der Waals surface area contributed by atoms with E-state index in [1.165, 1.54) is 34.5 Å². The van der Waals surface area contributed by atoms with Gasteiger partial charge in [-0.1, -0.05) is 32.6 Å². The molecule has 1 heteroatoms. The van der Waals surface area contributed by atoms with Gasteiger partial charge in [0.1, 0.15) is 0 Å². The van der Waals surface area contributed by atoms with Crippen LogP contribution in [0.25, 0.3) is 0 Å². The van der Waals surface area contributed by atoms with Crippen molar-refractivity contribution in [3.05, 3.63) is 48.1 Å². The van der Waals surface area contributed by atoms with Gasteiger partial charge in [-0.05, 0) is 0 Å². The first kappa shape index (κ1) is 18.7. The molecule has 0 aliphatic heterocycles. The van der Waals surface area contributed by atoms with Crippen LogP contribution in [-0.4, -0.2) is 3.21 Å². The minimum absolute atomic E-state index is 1.01. The van der Waals surface area contributed by atoms with Gasteiger partial charge in [0.2, 0.25) is 0 Å². The first-order chi connectivity index (χ1) is 9.16. The standard InChI is InChI=1S/C10H15.C5H5.C3H6.Zr/c1-2-3-4-7-10-8-5-6-9-10;1-2-4-5-3-1;1-3-2;/h8-9H,2-5,7H2,1H3;1-3H,4H2;1-2H3;/q2*-1;;+2. The largest absolute Gasteiger partial charge is 0.273 e. The molecule has 0 saturated heterocycles. The zero-order chi connectivity index (χ0) is 14.3. The van der Waals surface area contributed by atoms with Crippen LogP contribution in [0, 0.1) is 12.2 Å². The third-order valence-corrected chi connectivity index (χ3v) is 2.42. The molecule has 0 fully saturated rings. The number of rotatable bonds is 4. The zero-order valence-corrected chi connectivity index (χ0v) is 15.1. The van der Waals surface area contributed by atoms with Crippen molar-refractivity contribution in [2.75, 3.05) is 0 Å². The molecule has 0 amide bonds. The summed E-state index contributed by atoms with van der Waals surface area (Å²) < 4.78 is 1.51. The average Bonchev–Trinajstić information content (AvgIpc) is 3.05. The molecule has 0 spiro atoms. The van der Waals surface area contributed by atoms with Crippen LogP contribution < -0.4 is 0 Å². The Balaban J connectivity index is 0.000000300. The molecule has 0 bridgehead atoms. The minimum atomic E-state index is 1.01. The molecule has 0 nitrogen and oxygen atoms in total. The van der Waals surface area contributed by atoms with E-state index in [1.54, 1.807) is 24.2 Å². The fourth-order valence-corrected chi connectivity index (χ4v) is 1.53. The maximum atomic E-state index is 3.18. The fourth-order valence-electron chi connectivity index (χ4n) is 1.53. The van der Waals surface area contributed by atoms with Gasteiger partial charge in [-0.3, -0.25) is 12.2 Å². The van der Waals surface area contributed by atoms with E-state index >= 15 is 0 Å². The van der Waals surface area contributed by atoms with Gasteiger partial charge in [0.05, 0.1) is 0 Å². The summed E-state index contributed by atoms with van der Waals surface area (Å²) in [5.41, 5.74) is 1.49. The van der Waals surface area contributed by atoms with Crippen LogP contribution in [-0.2, 0) is 24.2 Å². The maximum absolute atomic E-state index is 3.18. The van der Waals surface area contributed by atoms with Gasteiger partial charge >= 0.3 is 41.3 Å². The normalized spacial score (nSPS) is 14.5. The van der Waals surface area contributed by atoms with Crippen molar-refractivity contribution in [2.24, 2.45) is 0 Å². The van der Waals surface area contributed by atoms with Gasteiger partial charge in [0.15, 0.2) is 0 Å². The van der Waals surface area contributed by atoms with Gasteiger partial charge in [0, 0.05) is 0 Å². The Bertz CT molecular complexity index is 329. The molecule has 0 aromatic heterocycles. The summed E-state index contributed by atoms with van der Waals surface area (Å²) in [6.07, 6.45) is 23.9. The molecule has 2 aliphatic rings. The zero-order valence-electron chi connectivity index (χ0n) is 12.6. The molecule has 0 aromatic rings. The van der Waals surface area contributed by atoms with Crippen molar-refractivity contribution in [3.8, 4) is 0 Å². The summed E-state index contributed by atoms with van der Waals surface area (Å²) in [7, 11) is 0. The average molecular weight is 334 g/mol. The van der Waals surface area contributed by atoms with Gasteiger partial charge in [0.25, 0.3) is 0 Å². The van der Waals surface area contributed by atoms with E-state index in [4.69, 9.17) is 0 Å². The number of unbranched alkanes of at least 4 members (excludes halogenated alkanes) is 2. The number of allylic oxidation sites excluding steroid dienone is 8. The SMILES string of the molecule is CCCCCC1=CC[C-]=C1.C[C](C)=[Zr+2].[C-]1=CC=CC1. The van der Waals surface area contributed by atoms with Crippen molar-refractivity contribution in [2.45, 2.75) is 59.3 Å². The third-order valence-electron chi connectivity index (χ3n) is 2.42. The predicted molar refractivity (Wildman–Crippen MR) is 82.6 cm³/mol. The van der Waals surface area contributed by atoms with Crippen LogP contribution in [0.2, 0.25) is 0 Å². The Morgan fingerprint density at radius 3 is 2.32 bits per heavy atom. The van der Waals surface area contributed by atoms with Gasteiger partial charge in [-0.2, -0.15) is 12.2 Å². The molecule has 0 N–H and O–H groups in total. The van der Waals surface area contributed by atoms with Gasteiger partial charge < -0.3 is 0 Å². The molecular formula is C18H26Zr. The molecule has 0 unspecified atom stereocenters. The Morgan fingerprint density at radius 1 is 1.21 bits per heavy atom. The smallest absolute Gasteiger partial charge is 0.109 e. The van der Waals surface area contributed by atoms with E-state index in [1.807, 2.05) is 12.2 Å². The Hall–Kier alpha value is -0.287. The summed E-state index contributed by atoms with van der Waals surface area (Å²) in [5.74, 6) is 0. The van der Waals surface area contributed by atoms with Crippen LogP contribution >= 0.6 is 0 Å². The monoisotopic (exact) mass is 332 g/mol. The Kier molecular flexibility index (Phi) is 13.9. The summed E-state index contributed by atoms with van der Waals surface area (Å²) in [4.78, 5) is 0. The summed E-state index contributed by atoms with van der Waals surface area (Å²) in [5, 5.41) is 0. The molecule has 0 saturated carbocycles. The van der Waals surface area contributed by atoms with E-state index in [2.05, 4.69) is 51.2 Å². The van der Waals surface area contributed by atoms with Crippen molar-refractivity contribution >= 4 is 3.21 Å². The maximum Gasteiger partial charge on any atom is -0.109 e. The van der Waals surface area contributed by atoms with Gasteiger partial charge in [-0.25, -0.2) is 23.8 Å². The second-order valence-electron chi connectivity index (χ2n) is 4.79. The van der Waals surface area contributed by atoms with E-state index in [9.17, 15) is 0 Å². The first-order valence-electron chi connectivity index (χ1n) is 7.16. The molecule has 19 heavy (non-hydrogen) atoms. The third kappa shape index (κ3) is 15.7. The molecule has 0 atom stereocenters. The second-order valence-corrected chi connectivity index (χ2v) is 7.25. The van der Waals surface area contributed by atoms with Crippen molar-refractivity contribution in [1.82, 2.24) is 0 Å². The molecule has 2 rings (SSSR count). The van der Waals surface area contributed by atoms with Crippen molar-refractivity contribution in [3.63, 3.8) is 0 Å². The summed E-state index contributed by atoms with van der Waals surface area (Å²) in [6, 6.07) is 0. The first-order valence-corrected chi connectivity index (χ1v) is 8.38. The molecule has 0 aromatic carbocycles. The Labute approximate surface area is 134 Å². The molecule has 0 heterocycles. The second kappa shape index (κ2) is 14.1. The van der Waals surface area contributed by atoms with Crippen LogP contribution in [0.3, 0.4) is 0 Å². The molecule has 0 radical (unpaired) electrons. The Morgan fingerprint density at radius 2 is 1.95 bits per heavy atom. The summed E-state index contributed by atoms with van der Waals surface area (Å²) in [6.45, 7) is 6.49. The van der Waals surface area contributed by atoms with Crippen LogP contribution in [0.5, 0.6) is 0 Å². The molecule has 102 valence electrons. The molecule has 2 aliphatic carbocycles. The van der Waals surface area contributed by atoms with E-state index < -0.39 is 0 Å². The van der Waals surface area contributed by atoms with E-state index in [-0.39, 0.29) is 0 Å². The van der Waals surface area contributed by atoms with Crippen LogP contribution in [0.4, 0.5) is 0 Å². The van der Waals surface area contributed by atoms with Crippen molar-refractivity contribution < 1.29 is 24.2 Å². The van der Waals surface area contributed by atoms with E-state index in [0.29, 0.717) is 0 Å². The predicted octanol–water partition coefficient (Wildman–Crippen LogP) is 5.31. The topological polar surface area (TPSA) is 0 Å². The number of hydrogen-bond donors (Lipinski definition) is 0. The van der Waals surface area contributed by atoms with E-state index in [0.717, 1.165) is 12.8 Å². The summed E-state index contributed by atoms with van der Waals surface area (Å²) >= 11 is 1.55. The van der Waals surface area contributed by atoms with Crippen LogP contribution in [0.1, 0.15) is 59.3 Å². The minimum Gasteiger partial charge on any atom is -0.273 e. The number of hydrogen-bond acceptors (Lipinski definition) is 0. The van der Waals surface area contributed by atoms with Gasteiger partial charge in [-0.15, -0.1) is 12.8 Å². The molecular weight excluding hydrogens is 307 g/mol. The van der Waals surface area contributed by atoms with Crippen molar-refractivity contribution in [1.29, 1.82) is 0 Å². The fraction of sp³-hybridized carbons (Fsp3) is 0.500. The van der Waals surface area contributed by atoms with Crippen LogP contribution in [0.15, 0.2) is 36.0 Å². The quantitative estimate of drug-likeness (QED) is 0.483.